The highest BCUT2D eigenvalue weighted by molar-refractivity contribution is 9.10. The van der Waals surface area contributed by atoms with Crippen molar-refractivity contribution in [3.8, 4) is 0 Å². The van der Waals surface area contributed by atoms with E-state index in [9.17, 15) is 9.18 Å². The molecule has 0 aliphatic rings. The molecule has 2 heterocycles. The molecule has 5 nitrogen and oxygen atoms in total. The van der Waals surface area contributed by atoms with E-state index in [1.54, 1.807) is 18.3 Å². The van der Waals surface area contributed by atoms with Crippen LogP contribution < -0.4 is 5.32 Å². The summed E-state index contributed by atoms with van der Waals surface area (Å²) in [5, 5.41) is 10.3. The molecule has 0 spiro atoms. The van der Waals surface area contributed by atoms with Gasteiger partial charge in [-0.1, -0.05) is 0 Å². The molecule has 0 saturated carbocycles. The molecule has 2 N–H and O–H groups in total. The Hall–Kier alpha value is -2.28. The van der Waals surface area contributed by atoms with Crippen LogP contribution in [0.15, 0.2) is 41.3 Å². The van der Waals surface area contributed by atoms with E-state index >= 15 is 0 Å². The van der Waals surface area contributed by atoms with Crippen molar-refractivity contribution >= 4 is 38.4 Å². The zero-order valence-electron chi connectivity index (χ0n) is 10.0. The first kappa shape index (κ1) is 12.7. The first-order chi connectivity index (χ1) is 9.63. The average Bonchev–Trinajstić information content (AvgIpc) is 2.89. The molecule has 1 amide bonds. The van der Waals surface area contributed by atoms with Crippen LogP contribution in [-0.2, 0) is 0 Å². The molecule has 0 radical (unpaired) electrons. The summed E-state index contributed by atoms with van der Waals surface area (Å²) in [6.45, 7) is 0. The highest BCUT2D eigenvalue weighted by atomic mass is 79.9. The summed E-state index contributed by atoms with van der Waals surface area (Å²) >= 11 is 3.11. The summed E-state index contributed by atoms with van der Waals surface area (Å²) in [4.78, 5) is 15.7. The summed E-state index contributed by atoms with van der Waals surface area (Å²) in [6, 6.07) is 6.60. The number of fused-ring (bicyclic) bond motifs is 1. The maximum Gasteiger partial charge on any atom is 0.258 e. The summed E-state index contributed by atoms with van der Waals surface area (Å²) in [5.41, 5.74) is 1.27. The molecular formula is C13H8BrFN4O. The van der Waals surface area contributed by atoms with Crippen molar-refractivity contribution in [1.29, 1.82) is 0 Å². The molecule has 3 rings (SSSR count). The maximum atomic E-state index is 13.6. The predicted octanol–water partition coefficient (Wildman–Crippen LogP) is 3.11. The van der Waals surface area contributed by atoms with E-state index in [1.807, 2.05) is 6.07 Å². The number of amides is 1. The van der Waals surface area contributed by atoms with Gasteiger partial charge in [-0.25, -0.2) is 9.37 Å². The standard InChI is InChI=1S/C13H8BrFN4O/c14-12-4-9(10(15)6-16-12)13(20)18-8-2-1-7-5-17-19-11(7)3-8/h1-6H,(H,17,19)(H,18,20). The van der Waals surface area contributed by atoms with Gasteiger partial charge in [-0.15, -0.1) is 0 Å². The minimum atomic E-state index is -0.673. The van der Waals surface area contributed by atoms with Crippen molar-refractivity contribution in [2.24, 2.45) is 0 Å². The Kier molecular flexibility index (Phi) is 3.19. The number of aromatic amines is 1. The lowest BCUT2D eigenvalue weighted by Crippen LogP contribution is -2.14. The van der Waals surface area contributed by atoms with Gasteiger partial charge in [0.1, 0.15) is 4.60 Å². The quantitative estimate of drug-likeness (QED) is 0.707. The van der Waals surface area contributed by atoms with Crippen LogP contribution in [0.5, 0.6) is 0 Å². The van der Waals surface area contributed by atoms with Crippen LogP contribution in [0.25, 0.3) is 10.9 Å². The molecule has 100 valence electrons. The number of hydrogen-bond donors (Lipinski definition) is 2. The Morgan fingerprint density at radius 3 is 3.00 bits per heavy atom. The smallest absolute Gasteiger partial charge is 0.258 e. The van der Waals surface area contributed by atoms with Crippen LogP contribution in [-0.4, -0.2) is 21.1 Å². The molecule has 0 atom stereocenters. The minimum Gasteiger partial charge on any atom is -0.322 e. The molecule has 0 aliphatic carbocycles. The molecule has 0 bridgehead atoms. The summed E-state index contributed by atoms with van der Waals surface area (Å²) in [5.74, 6) is -1.21. The third-order valence-electron chi connectivity index (χ3n) is 2.77. The van der Waals surface area contributed by atoms with E-state index in [2.05, 4.69) is 36.4 Å². The Balaban J connectivity index is 1.89. The number of aromatic nitrogens is 3. The Morgan fingerprint density at radius 1 is 1.30 bits per heavy atom. The number of carbonyl (C=O) groups excluding carboxylic acids is 1. The Morgan fingerprint density at radius 2 is 2.15 bits per heavy atom. The third-order valence-corrected chi connectivity index (χ3v) is 3.20. The zero-order chi connectivity index (χ0) is 14.1. The van der Waals surface area contributed by atoms with E-state index in [-0.39, 0.29) is 5.56 Å². The Bertz CT molecular complexity index is 802. The Labute approximate surface area is 121 Å². The average molecular weight is 335 g/mol. The largest absolute Gasteiger partial charge is 0.322 e. The highest BCUT2D eigenvalue weighted by Gasteiger charge is 2.13. The predicted molar refractivity (Wildman–Crippen MR) is 75.9 cm³/mol. The lowest BCUT2D eigenvalue weighted by Gasteiger charge is -2.06. The number of anilines is 1. The molecule has 3 aromatic rings. The first-order valence-electron chi connectivity index (χ1n) is 5.69. The number of H-pyrrole nitrogens is 1. The first-order valence-corrected chi connectivity index (χ1v) is 6.48. The fourth-order valence-electron chi connectivity index (χ4n) is 1.80. The fraction of sp³-hybridized carbons (Fsp3) is 0. The van der Waals surface area contributed by atoms with Crippen molar-refractivity contribution in [2.45, 2.75) is 0 Å². The lowest BCUT2D eigenvalue weighted by molar-refractivity contribution is 0.102. The van der Waals surface area contributed by atoms with Gasteiger partial charge >= 0.3 is 0 Å². The monoisotopic (exact) mass is 334 g/mol. The molecule has 0 aliphatic heterocycles. The van der Waals surface area contributed by atoms with Gasteiger partial charge in [-0.3, -0.25) is 9.89 Å². The third kappa shape index (κ3) is 2.39. The van der Waals surface area contributed by atoms with Crippen molar-refractivity contribution in [3.05, 3.63) is 52.6 Å². The zero-order valence-corrected chi connectivity index (χ0v) is 11.6. The molecule has 0 unspecified atom stereocenters. The lowest BCUT2D eigenvalue weighted by atomic mass is 10.2. The maximum absolute atomic E-state index is 13.6. The van der Waals surface area contributed by atoms with Crippen LogP contribution in [0.4, 0.5) is 10.1 Å². The van der Waals surface area contributed by atoms with Gasteiger partial charge in [-0.05, 0) is 40.2 Å². The van der Waals surface area contributed by atoms with E-state index in [1.165, 1.54) is 6.07 Å². The number of pyridine rings is 1. The van der Waals surface area contributed by atoms with E-state index in [0.29, 0.717) is 10.3 Å². The van der Waals surface area contributed by atoms with Gasteiger partial charge in [0, 0.05) is 11.1 Å². The molecular weight excluding hydrogens is 327 g/mol. The van der Waals surface area contributed by atoms with E-state index in [4.69, 9.17) is 0 Å². The number of carbonyl (C=O) groups is 1. The van der Waals surface area contributed by atoms with Gasteiger partial charge in [0.2, 0.25) is 0 Å². The summed E-state index contributed by atoms with van der Waals surface area (Å²) < 4.78 is 14.0. The van der Waals surface area contributed by atoms with Crippen molar-refractivity contribution in [3.63, 3.8) is 0 Å². The minimum absolute atomic E-state index is 0.0726. The second-order valence-corrected chi connectivity index (χ2v) is 4.93. The molecule has 0 fully saturated rings. The van der Waals surface area contributed by atoms with Crippen LogP contribution in [0.3, 0.4) is 0 Å². The second-order valence-electron chi connectivity index (χ2n) is 4.11. The fourth-order valence-corrected chi connectivity index (χ4v) is 2.13. The number of benzene rings is 1. The van der Waals surface area contributed by atoms with Crippen LogP contribution in [0.2, 0.25) is 0 Å². The van der Waals surface area contributed by atoms with Crippen molar-refractivity contribution in [2.75, 3.05) is 5.32 Å². The SMILES string of the molecule is O=C(Nc1ccc2cn[nH]c2c1)c1cc(Br)ncc1F. The van der Waals surface area contributed by atoms with Crippen LogP contribution in [0.1, 0.15) is 10.4 Å². The number of halogens is 2. The topological polar surface area (TPSA) is 70.7 Å². The van der Waals surface area contributed by atoms with Gasteiger partial charge < -0.3 is 5.32 Å². The number of nitrogens with zero attached hydrogens (tertiary/aromatic N) is 2. The highest BCUT2D eigenvalue weighted by Crippen LogP contribution is 2.19. The van der Waals surface area contributed by atoms with Crippen LogP contribution >= 0.6 is 15.9 Å². The number of rotatable bonds is 2. The summed E-state index contributed by atoms with van der Waals surface area (Å²) in [7, 11) is 0. The van der Waals surface area contributed by atoms with E-state index < -0.39 is 11.7 Å². The molecule has 1 aromatic carbocycles. The van der Waals surface area contributed by atoms with Gasteiger partial charge in [0.25, 0.3) is 5.91 Å². The molecule has 0 saturated heterocycles. The van der Waals surface area contributed by atoms with Crippen LogP contribution in [0, 0.1) is 5.82 Å². The molecule has 2 aromatic heterocycles. The second kappa shape index (κ2) is 5.01. The number of hydrogen-bond acceptors (Lipinski definition) is 3. The van der Waals surface area contributed by atoms with E-state index in [0.717, 1.165) is 17.1 Å². The molecule has 7 heteroatoms. The summed E-state index contributed by atoms with van der Waals surface area (Å²) in [6.07, 6.45) is 2.68. The van der Waals surface area contributed by atoms with Crippen molar-refractivity contribution in [1.82, 2.24) is 15.2 Å². The number of nitrogens with one attached hydrogen (secondary N) is 2. The van der Waals surface area contributed by atoms with Crippen molar-refractivity contribution < 1.29 is 9.18 Å². The molecule has 20 heavy (non-hydrogen) atoms. The van der Waals surface area contributed by atoms with Gasteiger partial charge in [-0.2, -0.15) is 5.10 Å². The van der Waals surface area contributed by atoms with Gasteiger partial charge in [0.05, 0.1) is 23.5 Å². The normalized spacial score (nSPS) is 10.7. The van der Waals surface area contributed by atoms with Gasteiger partial charge in [0.15, 0.2) is 5.82 Å².